The van der Waals surface area contributed by atoms with Crippen molar-refractivity contribution >= 4 is 17.7 Å². The van der Waals surface area contributed by atoms with E-state index in [9.17, 15) is 36.6 Å². The van der Waals surface area contributed by atoms with Gasteiger partial charge in [0.1, 0.15) is 5.60 Å². The van der Waals surface area contributed by atoms with Gasteiger partial charge in [-0.1, -0.05) is 6.92 Å². The van der Waals surface area contributed by atoms with Crippen molar-refractivity contribution in [2.45, 2.75) is 57.9 Å². The first-order valence-electron chi connectivity index (χ1n) is 8.04. The predicted octanol–water partition coefficient (Wildman–Crippen LogP) is 4.37. The molecule has 0 aliphatic rings. The van der Waals surface area contributed by atoms with Gasteiger partial charge in [-0.25, -0.2) is 9.59 Å². The smallest absolute Gasteiger partial charge is 0.416 e. The first-order chi connectivity index (χ1) is 12.5. The highest BCUT2D eigenvalue weighted by molar-refractivity contribution is 5.88. The quantitative estimate of drug-likeness (QED) is 0.623. The minimum Gasteiger partial charge on any atom is -0.477 e. The van der Waals surface area contributed by atoms with Crippen LogP contribution >= 0.6 is 0 Å². The molecular weight excluding hydrogens is 393 g/mol. The summed E-state index contributed by atoms with van der Waals surface area (Å²) in [6.45, 7) is 5.87. The number of halogens is 5. The lowest BCUT2D eigenvalue weighted by atomic mass is 9.94. The van der Waals surface area contributed by atoms with E-state index in [0.29, 0.717) is 6.07 Å². The third-order valence-corrected chi connectivity index (χ3v) is 3.51. The van der Waals surface area contributed by atoms with E-state index in [2.05, 4.69) is 0 Å². The van der Waals surface area contributed by atoms with Crippen molar-refractivity contribution in [2.75, 3.05) is 5.32 Å². The van der Waals surface area contributed by atoms with Crippen LogP contribution < -0.4 is 5.32 Å². The molecule has 0 fully saturated rings. The summed E-state index contributed by atoms with van der Waals surface area (Å²) >= 11 is 0. The summed E-state index contributed by atoms with van der Waals surface area (Å²) in [4.78, 5) is 22.7. The Balaban J connectivity index is 3.63. The molecule has 0 radical (unpaired) electrons. The monoisotopic (exact) mass is 413 g/mol. The number of carbonyl (C=O) groups excluding carboxylic acids is 1. The van der Waals surface area contributed by atoms with Crippen LogP contribution in [0.25, 0.3) is 0 Å². The number of carboxylic acid groups (broad SMARTS) is 1. The molecule has 11 heteroatoms. The molecule has 0 aliphatic heterocycles. The molecule has 6 nitrogen and oxygen atoms in total. The molecule has 1 unspecified atom stereocenters. The Labute approximate surface area is 157 Å². The number of anilines is 1. The fraction of sp³-hybridized carbons (Fsp3) is 0.529. The van der Waals surface area contributed by atoms with Gasteiger partial charge in [0.25, 0.3) is 0 Å². The van der Waals surface area contributed by atoms with Crippen LogP contribution in [-0.4, -0.2) is 33.8 Å². The van der Waals surface area contributed by atoms with Crippen molar-refractivity contribution in [1.82, 2.24) is 0 Å². The highest BCUT2D eigenvalue weighted by Gasteiger charge is 2.49. The summed E-state index contributed by atoms with van der Waals surface area (Å²) in [6, 6.07) is 0.787. The molecule has 0 aromatic heterocycles. The van der Waals surface area contributed by atoms with Gasteiger partial charge in [-0.05, 0) is 44.9 Å². The fourth-order valence-corrected chi connectivity index (χ4v) is 2.26. The average molecular weight is 413 g/mol. The number of ether oxygens (including phenoxy) is 1. The highest BCUT2D eigenvalue weighted by atomic mass is 19.4. The number of aliphatic carboxylic acids is 1. The van der Waals surface area contributed by atoms with Crippen LogP contribution in [-0.2, 0) is 22.1 Å². The summed E-state index contributed by atoms with van der Waals surface area (Å²) in [7, 11) is 0. The molecule has 1 amide bonds. The Morgan fingerprint density at radius 1 is 1.14 bits per heavy atom. The van der Waals surface area contributed by atoms with Crippen LogP contribution in [0.2, 0.25) is 0 Å². The number of aryl methyl sites for hydroxylation is 1. The van der Waals surface area contributed by atoms with Gasteiger partial charge in [-0.3, -0.25) is 5.32 Å². The Kier molecular flexibility index (Phi) is 6.66. The minimum absolute atomic E-state index is 0.145. The summed E-state index contributed by atoms with van der Waals surface area (Å²) in [5.74, 6) is -7.54. The number of rotatable bonds is 5. The summed E-state index contributed by atoms with van der Waals surface area (Å²) in [6.07, 6.45) is -9.43. The molecule has 1 atom stereocenters. The van der Waals surface area contributed by atoms with Gasteiger partial charge in [0, 0.05) is 5.56 Å². The zero-order valence-corrected chi connectivity index (χ0v) is 15.4. The SMILES string of the molecule is CCc1cc(C(F)(F)F)cc(C(O)C(F)(F)C(=O)O)c1NC(=O)OC(C)(C)C. The normalized spacial score (nSPS) is 13.8. The zero-order chi connectivity index (χ0) is 22.1. The first-order valence-corrected chi connectivity index (χ1v) is 8.04. The number of alkyl halides is 5. The van der Waals surface area contributed by atoms with Gasteiger partial charge in [0.05, 0.1) is 11.3 Å². The largest absolute Gasteiger partial charge is 0.477 e. The topological polar surface area (TPSA) is 95.9 Å². The highest BCUT2D eigenvalue weighted by Crippen LogP contribution is 2.41. The molecule has 28 heavy (non-hydrogen) atoms. The average Bonchev–Trinajstić information content (AvgIpc) is 2.51. The lowest BCUT2D eigenvalue weighted by molar-refractivity contribution is -0.182. The van der Waals surface area contributed by atoms with Gasteiger partial charge in [0.15, 0.2) is 6.10 Å². The van der Waals surface area contributed by atoms with E-state index in [1.807, 2.05) is 5.32 Å². The minimum atomic E-state index is -4.96. The van der Waals surface area contributed by atoms with Crippen molar-refractivity contribution in [2.24, 2.45) is 0 Å². The second-order valence-corrected chi connectivity index (χ2v) is 6.91. The Morgan fingerprint density at radius 3 is 2.07 bits per heavy atom. The van der Waals surface area contributed by atoms with Crippen molar-refractivity contribution in [3.8, 4) is 0 Å². The van der Waals surface area contributed by atoms with Gasteiger partial charge >= 0.3 is 24.2 Å². The predicted molar refractivity (Wildman–Crippen MR) is 88.2 cm³/mol. The molecule has 0 aliphatic carbocycles. The van der Waals surface area contributed by atoms with Crippen LogP contribution in [0.1, 0.15) is 50.5 Å². The van der Waals surface area contributed by atoms with Gasteiger partial charge in [-0.2, -0.15) is 22.0 Å². The van der Waals surface area contributed by atoms with Crippen LogP contribution in [0.3, 0.4) is 0 Å². The maximum absolute atomic E-state index is 13.8. The molecule has 1 rings (SSSR count). The van der Waals surface area contributed by atoms with Crippen LogP contribution in [0.4, 0.5) is 32.4 Å². The molecule has 1 aromatic carbocycles. The molecule has 1 aromatic rings. The number of carboxylic acids is 1. The number of amides is 1. The van der Waals surface area contributed by atoms with Crippen LogP contribution in [0.5, 0.6) is 0 Å². The third kappa shape index (κ3) is 5.54. The van der Waals surface area contributed by atoms with E-state index in [4.69, 9.17) is 9.84 Å². The van der Waals surface area contributed by atoms with Gasteiger partial charge in [0.2, 0.25) is 0 Å². The van der Waals surface area contributed by atoms with Crippen LogP contribution in [0.15, 0.2) is 12.1 Å². The van der Waals surface area contributed by atoms with Gasteiger partial charge in [-0.15, -0.1) is 0 Å². The number of hydrogen-bond donors (Lipinski definition) is 3. The number of aliphatic hydroxyl groups excluding tert-OH is 1. The second-order valence-electron chi connectivity index (χ2n) is 6.91. The fourth-order valence-electron chi connectivity index (χ4n) is 2.26. The molecule has 0 bridgehead atoms. The molecule has 0 spiro atoms. The molecule has 0 heterocycles. The standard InChI is InChI=1S/C17H20F5NO5/c1-5-8-6-9(17(20,21)22)7-10(12(24)16(18,19)13(25)26)11(8)23-14(27)28-15(2,3)4/h6-7,12,24H,5H2,1-4H3,(H,23,27)(H,25,26). The molecular formula is C17H20F5NO5. The summed E-state index contributed by atoms with van der Waals surface area (Å²) in [5.41, 5.74) is -4.29. The third-order valence-electron chi connectivity index (χ3n) is 3.51. The van der Waals surface area contributed by atoms with E-state index in [1.165, 1.54) is 27.7 Å². The first kappa shape index (κ1) is 23.6. The van der Waals surface area contributed by atoms with Gasteiger partial charge < -0.3 is 14.9 Å². The van der Waals surface area contributed by atoms with Crippen molar-refractivity contribution < 1.29 is 46.5 Å². The lowest BCUT2D eigenvalue weighted by Gasteiger charge is -2.26. The number of aliphatic hydroxyl groups is 1. The zero-order valence-electron chi connectivity index (χ0n) is 15.4. The maximum Gasteiger partial charge on any atom is 0.416 e. The molecule has 0 saturated carbocycles. The molecule has 158 valence electrons. The maximum atomic E-state index is 13.8. The number of nitrogens with one attached hydrogen (secondary N) is 1. The molecule has 3 N–H and O–H groups in total. The Bertz CT molecular complexity index is 756. The Hall–Kier alpha value is -2.43. The van der Waals surface area contributed by atoms with E-state index < -0.39 is 52.7 Å². The van der Waals surface area contributed by atoms with Crippen molar-refractivity contribution in [3.05, 3.63) is 28.8 Å². The number of benzene rings is 1. The van der Waals surface area contributed by atoms with Crippen molar-refractivity contribution in [3.63, 3.8) is 0 Å². The molecule has 0 saturated heterocycles. The number of hydrogen-bond acceptors (Lipinski definition) is 4. The van der Waals surface area contributed by atoms with E-state index >= 15 is 0 Å². The van der Waals surface area contributed by atoms with E-state index in [1.54, 1.807) is 0 Å². The van der Waals surface area contributed by atoms with Crippen molar-refractivity contribution in [1.29, 1.82) is 0 Å². The van der Waals surface area contributed by atoms with E-state index in [-0.39, 0.29) is 18.1 Å². The lowest BCUT2D eigenvalue weighted by Crippen LogP contribution is -2.36. The van der Waals surface area contributed by atoms with Crippen LogP contribution in [0, 0.1) is 0 Å². The summed E-state index contributed by atoms with van der Waals surface area (Å²) < 4.78 is 71.9. The summed E-state index contributed by atoms with van der Waals surface area (Å²) in [5, 5.41) is 20.5. The Morgan fingerprint density at radius 2 is 1.68 bits per heavy atom. The second kappa shape index (κ2) is 7.90. The van der Waals surface area contributed by atoms with E-state index in [0.717, 1.165) is 0 Å². The number of carbonyl (C=O) groups is 2.